The minimum absolute atomic E-state index is 0.175. The van der Waals surface area contributed by atoms with Crippen molar-refractivity contribution in [2.24, 2.45) is 0 Å². The Morgan fingerprint density at radius 3 is 2.95 bits per heavy atom. The molecule has 0 saturated heterocycles. The summed E-state index contributed by atoms with van der Waals surface area (Å²) >= 11 is 0. The molecular formula is C14H16N4O3. The van der Waals surface area contributed by atoms with Gasteiger partial charge in [0, 0.05) is 12.6 Å². The zero-order valence-corrected chi connectivity index (χ0v) is 11.6. The molecule has 1 aromatic carbocycles. The van der Waals surface area contributed by atoms with Crippen molar-refractivity contribution in [3.8, 4) is 17.4 Å². The van der Waals surface area contributed by atoms with Crippen molar-refractivity contribution in [2.75, 3.05) is 24.4 Å². The van der Waals surface area contributed by atoms with Crippen LogP contribution in [-0.4, -0.2) is 23.3 Å². The number of aromatic nitrogens is 2. The van der Waals surface area contributed by atoms with Crippen molar-refractivity contribution in [3.63, 3.8) is 0 Å². The molecule has 0 saturated carbocycles. The molecule has 2 aromatic rings. The van der Waals surface area contributed by atoms with Gasteiger partial charge in [0.15, 0.2) is 11.5 Å². The van der Waals surface area contributed by atoms with Gasteiger partial charge in [-0.2, -0.15) is 9.97 Å². The third kappa shape index (κ3) is 3.07. The number of nitrogen functional groups attached to an aromatic ring is 1. The summed E-state index contributed by atoms with van der Waals surface area (Å²) in [6, 6.07) is 7.38. The summed E-state index contributed by atoms with van der Waals surface area (Å²) in [6.45, 7) is 3.34. The van der Waals surface area contributed by atoms with E-state index in [1.807, 2.05) is 25.1 Å². The molecule has 0 unspecified atom stereocenters. The predicted molar refractivity (Wildman–Crippen MR) is 77.5 cm³/mol. The van der Waals surface area contributed by atoms with E-state index in [0.717, 1.165) is 23.6 Å². The third-order valence-corrected chi connectivity index (χ3v) is 2.90. The number of hydrogen-bond acceptors (Lipinski definition) is 7. The van der Waals surface area contributed by atoms with E-state index >= 15 is 0 Å². The van der Waals surface area contributed by atoms with Crippen molar-refractivity contribution < 1.29 is 14.2 Å². The predicted octanol–water partition coefficient (Wildman–Crippen LogP) is 1.80. The SMILES string of the molecule is CCNc1cc(OCc2ccc3c(c2)OCO3)nc(N)n1. The molecule has 0 fully saturated rings. The van der Waals surface area contributed by atoms with Crippen LogP contribution in [0.4, 0.5) is 11.8 Å². The molecule has 7 nitrogen and oxygen atoms in total. The second-order valence-corrected chi connectivity index (χ2v) is 4.46. The molecule has 0 amide bonds. The maximum Gasteiger partial charge on any atom is 0.231 e. The van der Waals surface area contributed by atoms with E-state index in [1.54, 1.807) is 6.07 Å². The number of nitrogens with one attached hydrogen (secondary N) is 1. The van der Waals surface area contributed by atoms with Gasteiger partial charge in [0.1, 0.15) is 12.4 Å². The van der Waals surface area contributed by atoms with Gasteiger partial charge in [-0.3, -0.25) is 0 Å². The van der Waals surface area contributed by atoms with Crippen molar-refractivity contribution in [3.05, 3.63) is 29.8 Å². The summed E-state index contributed by atoms with van der Waals surface area (Å²) < 4.78 is 16.2. The van der Waals surface area contributed by atoms with E-state index in [2.05, 4.69) is 15.3 Å². The monoisotopic (exact) mass is 288 g/mol. The molecule has 0 aliphatic carbocycles. The van der Waals surface area contributed by atoms with Crippen LogP contribution in [0.25, 0.3) is 0 Å². The smallest absolute Gasteiger partial charge is 0.231 e. The number of rotatable bonds is 5. The lowest BCUT2D eigenvalue weighted by atomic mass is 10.2. The molecule has 1 aromatic heterocycles. The molecule has 2 heterocycles. The average Bonchev–Trinajstić information content (AvgIpc) is 2.92. The van der Waals surface area contributed by atoms with Crippen molar-refractivity contribution >= 4 is 11.8 Å². The number of ether oxygens (including phenoxy) is 3. The first kappa shape index (κ1) is 13.3. The van der Waals surface area contributed by atoms with E-state index in [0.29, 0.717) is 18.3 Å². The van der Waals surface area contributed by atoms with Crippen molar-refractivity contribution in [1.82, 2.24) is 9.97 Å². The van der Waals surface area contributed by atoms with Gasteiger partial charge in [0.25, 0.3) is 0 Å². The Hall–Kier alpha value is -2.70. The van der Waals surface area contributed by atoms with Gasteiger partial charge in [-0.15, -0.1) is 0 Å². The first-order valence-corrected chi connectivity index (χ1v) is 6.64. The second-order valence-electron chi connectivity index (χ2n) is 4.46. The highest BCUT2D eigenvalue weighted by atomic mass is 16.7. The fourth-order valence-corrected chi connectivity index (χ4v) is 1.98. The van der Waals surface area contributed by atoms with Gasteiger partial charge >= 0.3 is 0 Å². The number of hydrogen-bond donors (Lipinski definition) is 2. The lowest BCUT2D eigenvalue weighted by Crippen LogP contribution is -2.05. The Bertz CT molecular complexity index is 648. The highest BCUT2D eigenvalue weighted by Gasteiger charge is 2.13. The van der Waals surface area contributed by atoms with E-state index < -0.39 is 0 Å². The third-order valence-electron chi connectivity index (χ3n) is 2.90. The fourth-order valence-electron chi connectivity index (χ4n) is 1.98. The minimum Gasteiger partial charge on any atom is -0.473 e. The molecular weight excluding hydrogens is 272 g/mol. The van der Waals surface area contributed by atoms with Crippen molar-refractivity contribution in [1.29, 1.82) is 0 Å². The molecule has 3 rings (SSSR count). The highest BCUT2D eigenvalue weighted by Crippen LogP contribution is 2.32. The van der Waals surface area contributed by atoms with Crippen LogP contribution >= 0.6 is 0 Å². The van der Waals surface area contributed by atoms with E-state index in [4.69, 9.17) is 19.9 Å². The highest BCUT2D eigenvalue weighted by molar-refractivity contribution is 5.45. The van der Waals surface area contributed by atoms with Gasteiger partial charge in [-0.1, -0.05) is 6.07 Å². The van der Waals surface area contributed by atoms with Crippen LogP contribution in [-0.2, 0) is 6.61 Å². The normalized spacial score (nSPS) is 12.2. The molecule has 21 heavy (non-hydrogen) atoms. The largest absolute Gasteiger partial charge is 0.473 e. The Morgan fingerprint density at radius 2 is 2.10 bits per heavy atom. The standard InChI is InChI=1S/C14H16N4O3/c1-2-16-12-6-13(18-14(15)17-12)19-7-9-3-4-10-11(5-9)21-8-20-10/h3-6H,2,7-8H2,1H3,(H3,15,16,17,18). The van der Waals surface area contributed by atoms with Crippen LogP contribution in [0.1, 0.15) is 12.5 Å². The Morgan fingerprint density at radius 1 is 1.24 bits per heavy atom. The molecule has 0 atom stereocenters. The molecule has 0 radical (unpaired) electrons. The lowest BCUT2D eigenvalue weighted by Gasteiger charge is -2.09. The van der Waals surface area contributed by atoms with Crippen LogP contribution in [0.15, 0.2) is 24.3 Å². The number of fused-ring (bicyclic) bond motifs is 1. The quantitative estimate of drug-likeness (QED) is 0.866. The molecule has 0 spiro atoms. The minimum atomic E-state index is 0.175. The summed E-state index contributed by atoms with van der Waals surface area (Å²) in [6.07, 6.45) is 0. The molecule has 110 valence electrons. The summed E-state index contributed by atoms with van der Waals surface area (Å²) in [5, 5.41) is 3.07. The van der Waals surface area contributed by atoms with E-state index in [9.17, 15) is 0 Å². The summed E-state index contributed by atoms with van der Waals surface area (Å²) in [5.74, 6) is 2.72. The molecule has 3 N–H and O–H groups in total. The fraction of sp³-hybridized carbons (Fsp3) is 0.286. The van der Waals surface area contributed by atoms with Gasteiger partial charge in [-0.25, -0.2) is 0 Å². The zero-order chi connectivity index (χ0) is 14.7. The molecule has 0 bridgehead atoms. The van der Waals surface area contributed by atoms with Crippen LogP contribution in [0.3, 0.4) is 0 Å². The lowest BCUT2D eigenvalue weighted by molar-refractivity contribution is 0.174. The topological polar surface area (TPSA) is 91.5 Å². The maximum atomic E-state index is 5.65. The van der Waals surface area contributed by atoms with Gasteiger partial charge in [0.2, 0.25) is 18.6 Å². The summed E-state index contributed by atoms with van der Waals surface area (Å²) in [7, 11) is 0. The Kier molecular flexibility index (Phi) is 3.63. The van der Waals surface area contributed by atoms with Crippen LogP contribution in [0.5, 0.6) is 17.4 Å². The van der Waals surface area contributed by atoms with Crippen LogP contribution in [0.2, 0.25) is 0 Å². The first-order chi connectivity index (χ1) is 10.2. The number of nitrogens with zero attached hydrogens (tertiary/aromatic N) is 2. The van der Waals surface area contributed by atoms with Crippen LogP contribution < -0.4 is 25.3 Å². The number of benzene rings is 1. The molecule has 1 aliphatic heterocycles. The maximum absolute atomic E-state index is 5.65. The van der Waals surface area contributed by atoms with Gasteiger partial charge in [0.05, 0.1) is 0 Å². The molecule has 1 aliphatic rings. The Labute approximate surface area is 122 Å². The van der Waals surface area contributed by atoms with E-state index in [1.165, 1.54) is 0 Å². The number of anilines is 2. The second kappa shape index (κ2) is 5.74. The van der Waals surface area contributed by atoms with Crippen LogP contribution in [0, 0.1) is 0 Å². The number of nitrogens with two attached hydrogens (primary N) is 1. The van der Waals surface area contributed by atoms with Crippen molar-refractivity contribution in [2.45, 2.75) is 13.5 Å². The van der Waals surface area contributed by atoms with Gasteiger partial charge in [-0.05, 0) is 24.6 Å². The summed E-state index contributed by atoms with van der Waals surface area (Å²) in [5.41, 5.74) is 6.61. The average molecular weight is 288 g/mol. The molecule has 7 heteroatoms. The van der Waals surface area contributed by atoms with E-state index in [-0.39, 0.29) is 12.7 Å². The zero-order valence-electron chi connectivity index (χ0n) is 11.6. The first-order valence-electron chi connectivity index (χ1n) is 6.64. The summed E-state index contributed by atoms with van der Waals surface area (Å²) in [4.78, 5) is 8.12. The Balaban J connectivity index is 1.69. The van der Waals surface area contributed by atoms with Gasteiger partial charge < -0.3 is 25.3 Å².